The first-order chi connectivity index (χ1) is 11.5. The normalized spacial score (nSPS) is 28.4. The number of piperazine rings is 1. The minimum absolute atomic E-state index is 0.0887. The van der Waals surface area contributed by atoms with Crippen LogP contribution < -0.4 is 0 Å². The van der Waals surface area contributed by atoms with Crippen molar-refractivity contribution in [3.05, 3.63) is 0 Å². The largest absolute Gasteiger partial charge is 0.471 e. The Morgan fingerprint density at radius 1 is 1.12 bits per heavy atom. The molecule has 0 aromatic rings. The van der Waals surface area contributed by atoms with E-state index in [1.54, 1.807) is 0 Å². The molecule has 2 aliphatic heterocycles. The van der Waals surface area contributed by atoms with Crippen LogP contribution in [0.4, 0.5) is 22.4 Å². The first-order valence-corrected chi connectivity index (χ1v) is 7.86. The van der Waals surface area contributed by atoms with Crippen LogP contribution in [0.25, 0.3) is 0 Å². The van der Waals surface area contributed by atoms with Crippen molar-refractivity contribution in [3.63, 3.8) is 0 Å². The van der Waals surface area contributed by atoms with Crippen molar-refractivity contribution in [2.24, 2.45) is 0 Å². The standard InChI is InChI=1S/C14H17F4N3O4/c15-8-5-9(20(6-8)12(24)25)10(22)19-3-4-21(11(23)14(16,17)18)13(7-19)1-2-13/h8-9H,1-7H2,(H,24,25)/t8-,9+/m1/s1. The molecule has 0 aromatic heterocycles. The first-order valence-electron chi connectivity index (χ1n) is 7.86. The maximum Gasteiger partial charge on any atom is 0.471 e. The monoisotopic (exact) mass is 367 g/mol. The van der Waals surface area contributed by atoms with Gasteiger partial charge in [-0.1, -0.05) is 0 Å². The zero-order chi connectivity index (χ0) is 18.6. The van der Waals surface area contributed by atoms with Gasteiger partial charge in [-0.05, 0) is 12.8 Å². The number of hydrogen-bond donors (Lipinski definition) is 1. The molecule has 2 atom stereocenters. The molecule has 0 bridgehead atoms. The Morgan fingerprint density at radius 2 is 1.76 bits per heavy atom. The molecule has 2 heterocycles. The van der Waals surface area contributed by atoms with E-state index < -0.39 is 48.4 Å². The van der Waals surface area contributed by atoms with Gasteiger partial charge in [-0.2, -0.15) is 13.2 Å². The summed E-state index contributed by atoms with van der Waals surface area (Å²) in [5, 5.41) is 9.08. The second-order valence-corrected chi connectivity index (χ2v) is 6.72. The van der Waals surface area contributed by atoms with E-state index in [9.17, 15) is 31.9 Å². The number of carbonyl (C=O) groups excluding carboxylic acids is 2. The maximum atomic E-state index is 13.5. The van der Waals surface area contributed by atoms with Gasteiger partial charge in [0.25, 0.3) is 0 Å². The molecule has 11 heteroatoms. The first kappa shape index (κ1) is 17.7. The van der Waals surface area contributed by atoms with Crippen molar-refractivity contribution in [3.8, 4) is 0 Å². The van der Waals surface area contributed by atoms with Crippen LogP contribution in [0, 0.1) is 0 Å². The van der Waals surface area contributed by atoms with E-state index in [2.05, 4.69) is 0 Å². The minimum Gasteiger partial charge on any atom is -0.465 e. The number of nitrogens with zero attached hydrogens (tertiary/aromatic N) is 3. The molecule has 3 aliphatic rings. The molecule has 1 saturated carbocycles. The molecule has 25 heavy (non-hydrogen) atoms. The number of alkyl halides is 4. The van der Waals surface area contributed by atoms with Gasteiger partial charge in [-0.15, -0.1) is 0 Å². The molecule has 140 valence electrons. The van der Waals surface area contributed by atoms with Crippen LogP contribution in [0.1, 0.15) is 19.3 Å². The van der Waals surface area contributed by atoms with Crippen molar-refractivity contribution >= 4 is 17.9 Å². The maximum absolute atomic E-state index is 13.5. The van der Waals surface area contributed by atoms with Crippen molar-refractivity contribution in [2.75, 3.05) is 26.2 Å². The van der Waals surface area contributed by atoms with Gasteiger partial charge in [-0.25, -0.2) is 9.18 Å². The van der Waals surface area contributed by atoms with Gasteiger partial charge in [0, 0.05) is 26.1 Å². The summed E-state index contributed by atoms with van der Waals surface area (Å²) >= 11 is 0. The topological polar surface area (TPSA) is 81.2 Å². The van der Waals surface area contributed by atoms with Crippen LogP contribution in [0.2, 0.25) is 0 Å². The fraction of sp³-hybridized carbons (Fsp3) is 0.786. The predicted molar refractivity (Wildman–Crippen MR) is 74.3 cm³/mol. The Balaban J connectivity index is 1.71. The number of amides is 3. The van der Waals surface area contributed by atoms with Crippen molar-refractivity contribution in [1.82, 2.24) is 14.7 Å². The molecule has 3 fully saturated rings. The molecule has 0 aromatic carbocycles. The fourth-order valence-corrected chi connectivity index (χ4v) is 3.65. The summed E-state index contributed by atoms with van der Waals surface area (Å²) in [6, 6.07) is -1.17. The molecular weight excluding hydrogens is 350 g/mol. The zero-order valence-corrected chi connectivity index (χ0v) is 13.1. The Kier molecular flexibility index (Phi) is 4.07. The van der Waals surface area contributed by atoms with Gasteiger partial charge >= 0.3 is 18.2 Å². The van der Waals surface area contributed by atoms with Gasteiger partial charge in [-0.3, -0.25) is 14.5 Å². The van der Waals surface area contributed by atoms with E-state index in [1.807, 2.05) is 0 Å². The summed E-state index contributed by atoms with van der Waals surface area (Å²) in [4.78, 5) is 38.0. The Morgan fingerprint density at radius 3 is 2.28 bits per heavy atom. The zero-order valence-electron chi connectivity index (χ0n) is 13.1. The molecular formula is C14H17F4N3O4. The van der Waals surface area contributed by atoms with E-state index in [1.165, 1.54) is 4.90 Å². The van der Waals surface area contributed by atoms with Crippen LogP contribution >= 0.6 is 0 Å². The predicted octanol–water partition coefficient (Wildman–Crippen LogP) is 0.842. The number of likely N-dealkylation sites (tertiary alicyclic amines) is 1. The lowest BCUT2D eigenvalue weighted by Gasteiger charge is -2.43. The quantitative estimate of drug-likeness (QED) is 0.697. The molecule has 1 spiro atoms. The van der Waals surface area contributed by atoms with Crippen LogP contribution in [0.15, 0.2) is 0 Å². The average molecular weight is 367 g/mol. The molecule has 1 aliphatic carbocycles. The number of rotatable bonds is 1. The van der Waals surface area contributed by atoms with Crippen LogP contribution in [-0.2, 0) is 9.59 Å². The Bertz CT molecular complexity index is 607. The second-order valence-electron chi connectivity index (χ2n) is 6.72. The van der Waals surface area contributed by atoms with Gasteiger partial charge in [0.05, 0.1) is 12.1 Å². The van der Waals surface area contributed by atoms with E-state index in [4.69, 9.17) is 5.11 Å². The molecule has 3 amide bonds. The van der Waals surface area contributed by atoms with E-state index in [-0.39, 0.29) is 26.1 Å². The van der Waals surface area contributed by atoms with Crippen molar-refractivity contribution in [2.45, 2.75) is 43.2 Å². The van der Waals surface area contributed by atoms with Gasteiger partial charge in [0.1, 0.15) is 12.2 Å². The van der Waals surface area contributed by atoms with Crippen LogP contribution in [0.3, 0.4) is 0 Å². The summed E-state index contributed by atoms with van der Waals surface area (Å²) in [6.07, 6.45) is -7.41. The van der Waals surface area contributed by atoms with Gasteiger partial charge in [0.15, 0.2) is 0 Å². The molecule has 0 unspecified atom stereocenters. The van der Waals surface area contributed by atoms with Crippen LogP contribution in [-0.4, -0.2) is 87.8 Å². The highest BCUT2D eigenvalue weighted by Gasteiger charge is 2.59. The number of hydrogen-bond acceptors (Lipinski definition) is 3. The fourth-order valence-electron chi connectivity index (χ4n) is 3.65. The third-order valence-corrected chi connectivity index (χ3v) is 5.06. The smallest absolute Gasteiger partial charge is 0.465 e. The lowest BCUT2D eigenvalue weighted by Crippen LogP contribution is -2.62. The molecule has 7 nitrogen and oxygen atoms in total. The minimum atomic E-state index is -4.98. The Hall–Kier alpha value is -2.07. The average Bonchev–Trinajstić information content (AvgIpc) is 3.15. The van der Waals surface area contributed by atoms with Gasteiger partial charge in [0.2, 0.25) is 5.91 Å². The molecule has 1 N–H and O–H groups in total. The third-order valence-electron chi connectivity index (χ3n) is 5.06. The summed E-state index contributed by atoms with van der Waals surface area (Å²) in [7, 11) is 0. The van der Waals surface area contributed by atoms with Crippen molar-refractivity contribution < 1.29 is 37.1 Å². The summed E-state index contributed by atoms with van der Waals surface area (Å²) in [6.45, 7) is -0.899. The highest BCUT2D eigenvalue weighted by molar-refractivity contribution is 5.87. The van der Waals surface area contributed by atoms with Gasteiger partial charge < -0.3 is 14.9 Å². The lowest BCUT2D eigenvalue weighted by atomic mass is 10.1. The van der Waals surface area contributed by atoms with Crippen LogP contribution in [0.5, 0.6) is 0 Å². The highest BCUT2D eigenvalue weighted by Crippen LogP contribution is 2.46. The summed E-state index contributed by atoms with van der Waals surface area (Å²) in [5.74, 6) is -2.54. The molecule has 0 radical (unpaired) electrons. The number of carboxylic acid groups (broad SMARTS) is 1. The molecule has 3 rings (SSSR count). The highest BCUT2D eigenvalue weighted by atomic mass is 19.4. The third kappa shape index (κ3) is 3.11. The molecule has 2 saturated heterocycles. The SMILES string of the molecule is O=C([C@@H]1C[C@@H](F)CN1C(=O)O)N1CCN(C(=O)C(F)(F)F)C2(CC2)C1. The number of carbonyl (C=O) groups is 3. The van der Waals surface area contributed by atoms with E-state index in [0.717, 1.165) is 9.80 Å². The summed E-state index contributed by atoms with van der Waals surface area (Å²) < 4.78 is 51.6. The number of halogens is 4. The van der Waals surface area contributed by atoms with E-state index >= 15 is 0 Å². The van der Waals surface area contributed by atoms with E-state index in [0.29, 0.717) is 12.8 Å². The second kappa shape index (κ2) is 5.73. The van der Waals surface area contributed by atoms with Crippen molar-refractivity contribution in [1.29, 1.82) is 0 Å². The lowest BCUT2D eigenvalue weighted by molar-refractivity contribution is -0.191. The summed E-state index contributed by atoms with van der Waals surface area (Å²) in [5.41, 5.74) is -1.04. The Labute approximate surface area is 140 Å².